The molecule has 0 spiro atoms. The molecule has 0 radical (unpaired) electrons. The van der Waals surface area contributed by atoms with Gasteiger partial charge in [0.1, 0.15) is 11.4 Å². The molecule has 0 aliphatic carbocycles. The number of nitrogens with zero attached hydrogens (tertiary/aromatic N) is 5. The summed E-state index contributed by atoms with van der Waals surface area (Å²) in [7, 11) is 1.76. The Morgan fingerprint density at radius 1 is 1.18 bits per heavy atom. The summed E-state index contributed by atoms with van der Waals surface area (Å²) in [4.78, 5) is 20.7. The predicted molar refractivity (Wildman–Crippen MR) is 97.6 cm³/mol. The van der Waals surface area contributed by atoms with E-state index in [2.05, 4.69) is 14.8 Å². The first-order chi connectivity index (χ1) is 13.3. The van der Waals surface area contributed by atoms with E-state index in [1.807, 2.05) is 4.90 Å². The molecule has 3 heterocycles. The van der Waals surface area contributed by atoms with Crippen molar-refractivity contribution in [3.63, 3.8) is 0 Å². The van der Waals surface area contributed by atoms with E-state index in [1.54, 1.807) is 28.9 Å². The van der Waals surface area contributed by atoms with Crippen LogP contribution in [0.2, 0.25) is 0 Å². The van der Waals surface area contributed by atoms with Gasteiger partial charge in [-0.25, -0.2) is 4.98 Å². The number of piperazine rings is 1. The zero-order chi connectivity index (χ0) is 19.9. The highest BCUT2D eigenvalue weighted by atomic mass is 32.1. The van der Waals surface area contributed by atoms with Crippen LogP contribution in [0.4, 0.5) is 18.3 Å². The number of fused-ring (bicyclic) bond motifs is 1. The van der Waals surface area contributed by atoms with Crippen LogP contribution in [0.5, 0.6) is 5.75 Å². The van der Waals surface area contributed by atoms with Gasteiger partial charge in [0.15, 0.2) is 5.13 Å². The van der Waals surface area contributed by atoms with Crippen LogP contribution in [-0.2, 0) is 7.05 Å². The molecule has 0 N–H and O–H groups in total. The van der Waals surface area contributed by atoms with Crippen LogP contribution in [0, 0.1) is 0 Å². The van der Waals surface area contributed by atoms with Gasteiger partial charge in [0.25, 0.3) is 5.91 Å². The number of rotatable bonds is 3. The summed E-state index contributed by atoms with van der Waals surface area (Å²) in [5.74, 6) is -0.375. The van der Waals surface area contributed by atoms with Crippen LogP contribution in [0.15, 0.2) is 30.5 Å². The lowest BCUT2D eigenvalue weighted by Crippen LogP contribution is -2.48. The van der Waals surface area contributed by atoms with Gasteiger partial charge in [-0.15, -0.1) is 13.2 Å². The monoisotopic (exact) mass is 411 g/mol. The number of amides is 1. The van der Waals surface area contributed by atoms with Gasteiger partial charge in [-0.05, 0) is 18.2 Å². The number of aromatic nitrogens is 3. The minimum atomic E-state index is -4.72. The molecule has 0 bridgehead atoms. The Bertz CT molecular complexity index is 1010. The van der Waals surface area contributed by atoms with Gasteiger partial charge in [-0.1, -0.05) is 11.3 Å². The van der Waals surface area contributed by atoms with Crippen molar-refractivity contribution in [2.24, 2.45) is 7.05 Å². The third-order valence-electron chi connectivity index (χ3n) is 4.35. The van der Waals surface area contributed by atoms with E-state index in [9.17, 15) is 18.0 Å². The zero-order valence-electron chi connectivity index (χ0n) is 14.8. The van der Waals surface area contributed by atoms with Crippen LogP contribution in [-0.4, -0.2) is 58.1 Å². The zero-order valence-corrected chi connectivity index (χ0v) is 15.6. The number of anilines is 1. The average molecular weight is 411 g/mol. The number of halogens is 3. The molecule has 1 aliphatic heterocycles. The highest BCUT2D eigenvalue weighted by Crippen LogP contribution is 2.33. The first kappa shape index (κ1) is 18.5. The smallest absolute Gasteiger partial charge is 0.406 e. The molecule has 2 aromatic heterocycles. The van der Waals surface area contributed by atoms with Crippen molar-refractivity contribution < 1.29 is 22.7 Å². The summed E-state index contributed by atoms with van der Waals surface area (Å²) in [6.07, 6.45) is -3.00. The summed E-state index contributed by atoms with van der Waals surface area (Å²) in [5.41, 5.74) is 1.02. The number of hydrogen-bond donors (Lipinski definition) is 0. The number of carbonyl (C=O) groups is 1. The van der Waals surface area contributed by atoms with Crippen molar-refractivity contribution >= 4 is 32.6 Å². The Balaban J connectivity index is 1.44. The van der Waals surface area contributed by atoms with E-state index in [-0.39, 0.29) is 11.7 Å². The van der Waals surface area contributed by atoms with E-state index in [0.717, 1.165) is 0 Å². The lowest BCUT2D eigenvalue weighted by Gasteiger charge is -2.34. The summed E-state index contributed by atoms with van der Waals surface area (Å²) in [6, 6.07) is 5.79. The van der Waals surface area contributed by atoms with Gasteiger partial charge < -0.3 is 14.5 Å². The normalized spacial score (nSPS) is 15.3. The van der Waals surface area contributed by atoms with Crippen molar-refractivity contribution in [3.8, 4) is 5.75 Å². The van der Waals surface area contributed by atoms with E-state index in [4.69, 9.17) is 0 Å². The quantitative estimate of drug-likeness (QED) is 0.663. The van der Waals surface area contributed by atoms with E-state index < -0.39 is 6.36 Å². The molecule has 4 rings (SSSR count). The Labute approximate surface area is 161 Å². The number of thiazole rings is 1. The standard InChI is InChI=1S/C17H16F3N5O2S/c1-23-5-4-13(22-23)15(26)24-6-8-25(9-7-24)16-21-12-3-2-11(10-14(12)28-16)27-17(18,19)20/h2-5,10H,6-9H2,1H3. The molecule has 148 valence electrons. The van der Waals surface area contributed by atoms with Crippen LogP contribution >= 0.6 is 11.3 Å². The van der Waals surface area contributed by atoms with Gasteiger partial charge in [-0.3, -0.25) is 9.48 Å². The van der Waals surface area contributed by atoms with Crippen LogP contribution in [0.25, 0.3) is 10.2 Å². The maximum Gasteiger partial charge on any atom is 0.573 e. The van der Waals surface area contributed by atoms with Gasteiger partial charge in [0, 0.05) is 45.5 Å². The maximum absolute atomic E-state index is 12.5. The van der Waals surface area contributed by atoms with Crippen molar-refractivity contribution in [2.45, 2.75) is 6.36 Å². The van der Waals surface area contributed by atoms with Crippen LogP contribution in [0.3, 0.4) is 0 Å². The Morgan fingerprint density at radius 2 is 1.93 bits per heavy atom. The van der Waals surface area contributed by atoms with Crippen LogP contribution < -0.4 is 9.64 Å². The van der Waals surface area contributed by atoms with E-state index in [0.29, 0.717) is 47.2 Å². The molecule has 11 heteroatoms. The molecule has 1 saturated heterocycles. The molecule has 0 saturated carbocycles. The van der Waals surface area contributed by atoms with Gasteiger partial charge >= 0.3 is 6.36 Å². The largest absolute Gasteiger partial charge is 0.573 e. The predicted octanol–water partition coefficient (Wildman–Crippen LogP) is 2.89. The minimum absolute atomic E-state index is 0.113. The fourth-order valence-corrected chi connectivity index (χ4v) is 4.06. The summed E-state index contributed by atoms with van der Waals surface area (Å²) < 4.78 is 43.3. The first-order valence-electron chi connectivity index (χ1n) is 8.49. The van der Waals surface area contributed by atoms with Gasteiger partial charge in [0.2, 0.25) is 0 Å². The molecule has 1 aliphatic rings. The Kier molecular flexibility index (Phi) is 4.61. The lowest BCUT2D eigenvalue weighted by molar-refractivity contribution is -0.274. The molecular formula is C17H16F3N5O2S. The number of hydrogen-bond acceptors (Lipinski definition) is 6. The lowest BCUT2D eigenvalue weighted by atomic mass is 10.3. The number of carbonyl (C=O) groups excluding carboxylic acids is 1. The molecule has 28 heavy (non-hydrogen) atoms. The van der Waals surface area contributed by atoms with Crippen molar-refractivity contribution in [3.05, 3.63) is 36.2 Å². The molecule has 1 fully saturated rings. The second kappa shape index (κ2) is 6.97. The molecule has 1 aromatic carbocycles. The summed E-state index contributed by atoms with van der Waals surface area (Å²) in [5, 5.41) is 4.85. The number of alkyl halides is 3. The molecule has 7 nitrogen and oxygen atoms in total. The SMILES string of the molecule is Cn1ccc(C(=O)N2CCN(c3nc4ccc(OC(F)(F)F)cc4s3)CC2)n1. The summed E-state index contributed by atoms with van der Waals surface area (Å²) >= 11 is 1.30. The number of benzene rings is 1. The molecule has 0 unspecified atom stereocenters. The molecular weight excluding hydrogens is 395 g/mol. The highest BCUT2D eigenvalue weighted by molar-refractivity contribution is 7.22. The van der Waals surface area contributed by atoms with Gasteiger partial charge in [0.05, 0.1) is 10.2 Å². The Hall–Kier alpha value is -2.82. The topological polar surface area (TPSA) is 63.5 Å². The summed E-state index contributed by atoms with van der Waals surface area (Å²) in [6.45, 7) is 2.22. The molecule has 0 atom stereocenters. The fourth-order valence-electron chi connectivity index (χ4n) is 3.02. The highest BCUT2D eigenvalue weighted by Gasteiger charge is 2.31. The second-order valence-electron chi connectivity index (χ2n) is 6.33. The van der Waals surface area contributed by atoms with Crippen LogP contribution in [0.1, 0.15) is 10.5 Å². The molecule has 3 aromatic rings. The fraction of sp³-hybridized carbons (Fsp3) is 0.353. The maximum atomic E-state index is 12.5. The average Bonchev–Trinajstić information content (AvgIpc) is 3.26. The van der Waals surface area contributed by atoms with E-state index >= 15 is 0 Å². The van der Waals surface area contributed by atoms with Crippen molar-refractivity contribution in [2.75, 3.05) is 31.1 Å². The molecule has 1 amide bonds. The van der Waals surface area contributed by atoms with E-state index in [1.165, 1.54) is 29.5 Å². The van der Waals surface area contributed by atoms with Crippen molar-refractivity contribution in [1.82, 2.24) is 19.7 Å². The Morgan fingerprint density at radius 3 is 2.57 bits per heavy atom. The first-order valence-corrected chi connectivity index (χ1v) is 9.30. The number of aryl methyl sites for hydroxylation is 1. The van der Waals surface area contributed by atoms with Gasteiger partial charge in [-0.2, -0.15) is 5.10 Å². The van der Waals surface area contributed by atoms with Crippen molar-refractivity contribution in [1.29, 1.82) is 0 Å². The minimum Gasteiger partial charge on any atom is -0.406 e. The third-order valence-corrected chi connectivity index (χ3v) is 5.43. The second-order valence-corrected chi connectivity index (χ2v) is 7.34. The number of ether oxygens (including phenoxy) is 1. The third kappa shape index (κ3) is 3.88.